The van der Waals surface area contributed by atoms with Gasteiger partial charge in [0.25, 0.3) is 0 Å². The molecule has 0 saturated heterocycles. The first-order chi connectivity index (χ1) is 8.69. The number of hydrogen-bond donors (Lipinski definition) is 1. The maximum Gasteiger partial charge on any atom is 0.433 e. The van der Waals surface area contributed by atoms with Crippen LogP contribution in [0.25, 0.3) is 5.69 Å². The van der Waals surface area contributed by atoms with Gasteiger partial charge in [0.15, 0.2) is 0 Å². The van der Waals surface area contributed by atoms with E-state index in [4.69, 9.17) is 5.14 Å². The van der Waals surface area contributed by atoms with Gasteiger partial charge in [0, 0.05) is 0 Å². The molecule has 2 rings (SSSR count). The molecule has 1 aromatic carbocycles. The lowest BCUT2D eigenvalue weighted by Crippen LogP contribution is -2.14. The predicted octanol–water partition coefficient (Wildman–Crippen LogP) is 1.54. The molecule has 1 heterocycles. The molecule has 0 unspecified atom stereocenters. The smallest absolute Gasteiger partial charge is 0.229 e. The number of aromatic nitrogens is 2. The summed E-state index contributed by atoms with van der Waals surface area (Å²) in [7, 11) is -3.88. The van der Waals surface area contributed by atoms with Crippen LogP contribution in [0.1, 0.15) is 5.69 Å². The van der Waals surface area contributed by atoms with Crippen LogP contribution in [-0.4, -0.2) is 18.2 Å². The minimum absolute atomic E-state index is 0.0877. The van der Waals surface area contributed by atoms with Crippen molar-refractivity contribution in [3.63, 3.8) is 0 Å². The van der Waals surface area contributed by atoms with Gasteiger partial charge in [-0.1, -0.05) is 0 Å². The van der Waals surface area contributed by atoms with Crippen molar-refractivity contribution in [1.29, 1.82) is 0 Å². The molecule has 0 aliphatic carbocycles. The molecule has 102 valence electrons. The second kappa shape index (κ2) is 4.35. The predicted molar refractivity (Wildman–Crippen MR) is 59.9 cm³/mol. The topological polar surface area (TPSA) is 78.0 Å². The van der Waals surface area contributed by atoms with Crippen molar-refractivity contribution < 1.29 is 21.6 Å². The number of sulfonamides is 1. The van der Waals surface area contributed by atoms with Crippen LogP contribution in [0.15, 0.2) is 41.4 Å². The molecule has 0 aliphatic heterocycles. The van der Waals surface area contributed by atoms with E-state index in [-0.39, 0.29) is 10.6 Å². The van der Waals surface area contributed by atoms with E-state index in [1.165, 1.54) is 12.1 Å². The summed E-state index contributed by atoms with van der Waals surface area (Å²) in [6, 6.07) is 5.45. The number of nitrogens with two attached hydrogens (primary N) is 1. The maximum absolute atomic E-state index is 12.7. The standard InChI is InChI=1S/C10H8F3N3O2S/c11-10(12,13)9-5-6-15-16(9)7-1-3-8(4-2-7)19(14,17)18/h1-6H,(H2,14,17,18). The molecule has 0 saturated carbocycles. The molecule has 19 heavy (non-hydrogen) atoms. The van der Waals surface area contributed by atoms with Crippen molar-refractivity contribution in [3.05, 3.63) is 42.2 Å². The van der Waals surface area contributed by atoms with E-state index < -0.39 is 21.9 Å². The van der Waals surface area contributed by atoms with Crippen molar-refractivity contribution in [3.8, 4) is 5.69 Å². The summed E-state index contributed by atoms with van der Waals surface area (Å²) in [5.41, 5.74) is -0.861. The van der Waals surface area contributed by atoms with E-state index in [2.05, 4.69) is 5.10 Å². The largest absolute Gasteiger partial charge is 0.433 e. The van der Waals surface area contributed by atoms with Crippen molar-refractivity contribution in [1.82, 2.24) is 9.78 Å². The Labute approximate surface area is 106 Å². The Kier molecular flexibility index (Phi) is 3.11. The van der Waals surface area contributed by atoms with Crippen molar-refractivity contribution in [2.24, 2.45) is 5.14 Å². The fourth-order valence-electron chi connectivity index (χ4n) is 1.50. The van der Waals surface area contributed by atoms with Gasteiger partial charge < -0.3 is 0 Å². The molecule has 0 spiro atoms. The second-order valence-corrected chi connectivity index (χ2v) is 5.23. The lowest BCUT2D eigenvalue weighted by atomic mass is 10.3. The van der Waals surface area contributed by atoms with Gasteiger partial charge in [-0.15, -0.1) is 0 Å². The first kappa shape index (κ1) is 13.6. The van der Waals surface area contributed by atoms with Crippen LogP contribution >= 0.6 is 0 Å². The average molecular weight is 291 g/mol. The summed E-state index contributed by atoms with van der Waals surface area (Å²) in [6.07, 6.45) is -3.54. The highest BCUT2D eigenvalue weighted by atomic mass is 32.2. The molecule has 5 nitrogen and oxygen atoms in total. The molecule has 0 amide bonds. The van der Waals surface area contributed by atoms with Crippen LogP contribution in [0.4, 0.5) is 13.2 Å². The Hall–Kier alpha value is -1.87. The Balaban J connectivity index is 2.47. The number of hydrogen-bond acceptors (Lipinski definition) is 3. The molecular weight excluding hydrogens is 283 g/mol. The first-order valence-corrected chi connectivity index (χ1v) is 6.49. The highest BCUT2D eigenvalue weighted by molar-refractivity contribution is 7.89. The lowest BCUT2D eigenvalue weighted by Gasteiger charge is -2.10. The van der Waals surface area contributed by atoms with Crippen molar-refractivity contribution in [2.75, 3.05) is 0 Å². The minimum Gasteiger partial charge on any atom is -0.229 e. The van der Waals surface area contributed by atoms with E-state index >= 15 is 0 Å². The van der Waals surface area contributed by atoms with Crippen LogP contribution in [0, 0.1) is 0 Å². The Bertz CT molecular complexity index is 690. The van der Waals surface area contributed by atoms with Crippen LogP contribution in [0.2, 0.25) is 0 Å². The summed E-state index contributed by atoms with van der Waals surface area (Å²) in [5.74, 6) is 0. The highest BCUT2D eigenvalue weighted by Crippen LogP contribution is 2.30. The van der Waals surface area contributed by atoms with Gasteiger partial charge in [-0.3, -0.25) is 0 Å². The highest BCUT2D eigenvalue weighted by Gasteiger charge is 2.35. The molecule has 0 aliphatic rings. The molecule has 2 aromatic rings. The van der Waals surface area contributed by atoms with Gasteiger partial charge in [0.2, 0.25) is 10.0 Å². The quantitative estimate of drug-likeness (QED) is 0.911. The van der Waals surface area contributed by atoms with Gasteiger partial charge in [-0.2, -0.15) is 18.3 Å². The minimum atomic E-state index is -4.55. The summed E-state index contributed by atoms with van der Waals surface area (Å²) in [5, 5.41) is 8.46. The SMILES string of the molecule is NS(=O)(=O)c1ccc(-n2nccc2C(F)(F)F)cc1. The molecule has 0 fully saturated rings. The number of rotatable bonds is 2. The van der Waals surface area contributed by atoms with Gasteiger partial charge >= 0.3 is 6.18 Å². The normalized spacial score (nSPS) is 12.6. The number of primary sulfonamides is 1. The molecule has 1 aromatic heterocycles. The van der Waals surface area contributed by atoms with E-state index in [1.807, 2.05) is 0 Å². The van der Waals surface area contributed by atoms with E-state index in [9.17, 15) is 21.6 Å². The Morgan fingerprint density at radius 1 is 1.11 bits per heavy atom. The van der Waals surface area contributed by atoms with E-state index in [0.29, 0.717) is 4.68 Å². The summed E-state index contributed by atoms with van der Waals surface area (Å²) in [4.78, 5) is -0.183. The van der Waals surface area contributed by atoms with Crippen LogP contribution < -0.4 is 5.14 Å². The fourth-order valence-corrected chi connectivity index (χ4v) is 2.02. The number of halogens is 3. The van der Waals surface area contributed by atoms with Crippen LogP contribution in [0.5, 0.6) is 0 Å². The first-order valence-electron chi connectivity index (χ1n) is 4.94. The summed E-state index contributed by atoms with van der Waals surface area (Å²) in [6.45, 7) is 0. The van der Waals surface area contributed by atoms with Gasteiger partial charge in [-0.25, -0.2) is 18.2 Å². The Morgan fingerprint density at radius 2 is 1.68 bits per heavy atom. The molecule has 0 bridgehead atoms. The van der Waals surface area contributed by atoms with Gasteiger partial charge in [-0.05, 0) is 30.3 Å². The summed E-state index contributed by atoms with van der Waals surface area (Å²) < 4.78 is 60.7. The second-order valence-electron chi connectivity index (χ2n) is 3.66. The zero-order chi connectivity index (χ0) is 14.3. The third-order valence-corrected chi connectivity index (χ3v) is 3.27. The van der Waals surface area contributed by atoms with Crippen molar-refractivity contribution >= 4 is 10.0 Å². The molecule has 0 radical (unpaired) electrons. The molecule has 9 heteroatoms. The average Bonchev–Trinajstić information content (AvgIpc) is 2.76. The third kappa shape index (κ3) is 2.76. The molecular formula is C10H8F3N3O2S. The monoisotopic (exact) mass is 291 g/mol. The van der Waals surface area contributed by atoms with Gasteiger partial charge in [0.1, 0.15) is 5.69 Å². The van der Waals surface area contributed by atoms with E-state index in [0.717, 1.165) is 24.4 Å². The summed E-state index contributed by atoms with van der Waals surface area (Å²) >= 11 is 0. The fraction of sp³-hybridized carbons (Fsp3) is 0.100. The zero-order valence-corrected chi connectivity index (χ0v) is 10.1. The number of alkyl halides is 3. The maximum atomic E-state index is 12.7. The van der Waals surface area contributed by atoms with Gasteiger partial charge in [0.05, 0.1) is 16.8 Å². The van der Waals surface area contributed by atoms with Crippen LogP contribution in [0.3, 0.4) is 0 Å². The lowest BCUT2D eigenvalue weighted by molar-refractivity contribution is -0.142. The number of benzene rings is 1. The number of nitrogens with zero attached hydrogens (tertiary/aromatic N) is 2. The van der Waals surface area contributed by atoms with Crippen LogP contribution in [-0.2, 0) is 16.2 Å². The zero-order valence-electron chi connectivity index (χ0n) is 9.29. The molecule has 2 N–H and O–H groups in total. The Morgan fingerprint density at radius 3 is 2.16 bits per heavy atom. The molecule has 0 atom stereocenters. The third-order valence-electron chi connectivity index (χ3n) is 2.34. The van der Waals surface area contributed by atoms with E-state index in [1.54, 1.807) is 0 Å². The van der Waals surface area contributed by atoms with Crippen molar-refractivity contribution in [2.45, 2.75) is 11.1 Å².